The number of benzene rings is 4. The van der Waals surface area contributed by atoms with E-state index in [0.29, 0.717) is 10.8 Å². The number of aryl methyl sites for hydroxylation is 1. The molecule has 0 aliphatic rings. The van der Waals surface area contributed by atoms with E-state index in [4.69, 9.17) is 14.3 Å². The molecule has 4 aromatic carbocycles. The van der Waals surface area contributed by atoms with Gasteiger partial charge in [-0.3, -0.25) is 0 Å². The van der Waals surface area contributed by atoms with Gasteiger partial charge in [-0.2, -0.15) is 0 Å². The molecular formula is C38H45N6O6PS2. The first kappa shape index (κ1) is 41.2. The van der Waals surface area contributed by atoms with Crippen LogP contribution in [0.3, 0.4) is 0 Å². The molecule has 0 amide bonds. The number of aromatic nitrogens is 1. The van der Waals surface area contributed by atoms with Crippen LogP contribution in [0, 0.1) is 6.92 Å². The summed E-state index contributed by atoms with van der Waals surface area (Å²) in [6.07, 6.45) is 0. The minimum atomic E-state index is -4.27. The zero-order chi connectivity index (χ0) is 38.8. The van der Waals surface area contributed by atoms with Crippen LogP contribution in [0.4, 0.5) is 5.13 Å². The average molecular weight is 777 g/mol. The highest BCUT2D eigenvalue weighted by atomic mass is 32.2. The zero-order valence-corrected chi connectivity index (χ0v) is 33.5. The molecule has 0 radical (unpaired) electrons. The van der Waals surface area contributed by atoms with Crippen LogP contribution in [-0.4, -0.2) is 93.0 Å². The number of thiazole rings is 1. The highest BCUT2D eigenvalue weighted by Gasteiger charge is 2.54. The molecule has 0 bridgehead atoms. The molecule has 280 valence electrons. The van der Waals surface area contributed by atoms with E-state index in [9.17, 15) is 17.8 Å². The lowest BCUT2D eigenvalue weighted by Gasteiger charge is -2.36. The molecule has 12 nitrogen and oxygen atoms in total. The molecule has 0 atom stereocenters. The number of hydrogen-bond acceptors (Lipinski definition) is 13. The molecule has 15 heteroatoms. The quantitative estimate of drug-likeness (QED) is 0.0449. The molecule has 53 heavy (non-hydrogen) atoms. The van der Waals surface area contributed by atoms with Crippen molar-refractivity contribution in [2.24, 2.45) is 5.16 Å². The minimum Gasteiger partial charge on any atom is -0.744 e. The van der Waals surface area contributed by atoms with Crippen LogP contribution in [0.15, 0.2) is 131 Å². The number of nitrogens with one attached hydrogen (secondary N) is 1. The van der Waals surface area contributed by atoms with Crippen molar-refractivity contribution in [1.82, 2.24) is 19.0 Å². The average Bonchev–Trinajstić information content (AvgIpc) is 3.60. The van der Waals surface area contributed by atoms with Crippen molar-refractivity contribution < 1.29 is 27.1 Å². The SMILES string of the molecule is CON=C(C(=O)O[P+](N(C)C)(N(C)C)N(C)C)c1csc(NC(c2ccccc2)(c2ccccc2)c2ccccc2)n1.Cc1ccc(S(=O)(=O)[O-])cc1. The van der Waals surface area contributed by atoms with Gasteiger partial charge in [0.05, 0.1) is 4.90 Å². The van der Waals surface area contributed by atoms with E-state index in [1.165, 1.54) is 30.6 Å². The molecule has 1 N–H and O–H groups in total. The number of anilines is 1. The lowest BCUT2D eigenvalue weighted by atomic mass is 9.77. The van der Waals surface area contributed by atoms with Gasteiger partial charge in [0, 0.05) is 47.7 Å². The van der Waals surface area contributed by atoms with Crippen LogP contribution in [0.2, 0.25) is 0 Å². The maximum Gasteiger partial charge on any atom is 0.421 e. The third-order valence-corrected chi connectivity index (χ3v) is 13.3. The molecule has 0 aliphatic carbocycles. The fraction of sp³-hybridized carbons (Fsp3) is 0.237. The standard InChI is InChI=1S/C31H38N6O3PS.C7H8O3S/c1-35(2)41(36(3)4,37(5)6)40-29(38)28(34-39-7)27-23-42-30(32-27)33-31(24-17-11-8-12-18-24,25-19-13-9-14-20-25)26-21-15-10-16-22-26;1-6-2-4-7(5-3-6)11(8,9)10/h8-23H,1-7H3,(H,32,33);2-5H,1H3,(H,8,9,10)/q+1;/p-1. The first-order chi connectivity index (χ1) is 25.2. The number of rotatable bonds is 13. The fourth-order valence-electron chi connectivity index (χ4n) is 5.84. The van der Waals surface area contributed by atoms with Gasteiger partial charge < -0.3 is 14.7 Å². The minimum absolute atomic E-state index is 0.0125. The van der Waals surface area contributed by atoms with Gasteiger partial charge in [-0.25, -0.2) is 22.7 Å². The monoisotopic (exact) mass is 776 g/mol. The third-order valence-electron chi connectivity index (χ3n) is 8.12. The van der Waals surface area contributed by atoms with Gasteiger partial charge in [-0.05, 0) is 35.7 Å². The molecule has 0 aliphatic heterocycles. The van der Waals surface area contributed by atoms with Crippen molar-refractivity contribution in [3.05, 3.63) is 149 Å². The number of carbonyl (C=O) groups excluding carboxylic acids is 1. The maximum atomic E-state index is 13.7. The van der Waals surface area contributed by atoms with Crippen molar-refractivity contribution in [3.8, 4) is 0 Å². The molecular weight excluding hydrogens is 732 g/mol. The van der Waals surface area contributed by atoms with E-state index in [-0.39, 0.29) is 10.6 Å². The molecule has 5 aromatic rings. The fourth-order valence-corrected chi connectivity index (χ4v) is 10.0. The Morgan fingerprint density at radius 3 is 1.58 bits per heavy atom. The molecule has 0 fully saturated rings. The molecule has 5 rings (SSSR count). The van der Waals surface area contributed by atoms with Gasteiger partial charge in [0.25, 0.3) is 0 Å². The molecule has 0 unspecified atom stereocenters. The smallest absolute Gasteiger partial charge is 0.421 e. The molecule has 0 saturated heterocycles. The van der Waals surface area contributed by atoms with E-state index in [1.54, 1.807) is 17.5 Å². The Balaban J connectivity index is 0.000000488. The Morgan fingerprint density at radius 2 is 1.21 bits per heavy atom. The van der Waals surface area contributed by atoms with Crippen molar-refractivity contribution in [2.45, 2.75) is 17.4 Å². The first-order valence-corrected chi connectivity index (χ1v) is 20.2. The van der Waals surface area contributed by atoms with E-state index in [2.05, 4.69) is 46.9 Å². The highest BCUT2D eigenvalue weighted by molar-refractivity contribution is 7.85. The largest absolute Gasteiger partial charge is 0.744 e. The normalized spacial score (nSPS) is 12.3. The van der Waals surface area contributed by atoms with E-state index in [0.717, 1.165) is 22.3 Å². The van der Waals surface area contributed by atoms with Crippen LogP contribution in [0.1, 0.15) is 27.9 Å². The second kappa shape index (κ2) is 18.0. The van der Waals surface area contributed by atoms with Gasteiger partial charge in [0.1, 0.15) is 28.5 Å². The number of nitrogens with zero attached hydrogens (tertiary/aromatic N) is 5. The summed E-state index contributed by atoms with van der Waals surface area (Å²) in [5, 5.41) is 10.2. The molecule has 1 heterocycles. The van der Waals surface area contributed by atoms with Gasteiger partial charge >= 0.3 is 13.9 Å². The summed E-state index contributed by atoms with van der Waals surface area (Å²) in [5.41, 5.74) is 3.63. The highest BCUT2D eigenvalue weighted by Crippen LogP contribution is 2.64. The van der Waals surface area contributed by atoms with Crippen LogP contribution in [0.5, 0.6) is 0 Å². The summed E-state index contributed by atoms with van der Waals surface area (Å²) < 4.78 is 43.1. The summed E-state index contributed by atoms with van der Waals surface area (Å²) >= 11 is 1.38. The number of oxime groups is 1. The van der Waals surface area contributed by atoms with Gasteiger partial charge in [0.2, 0.25) is 5.71 Å². The Hall–Kier alpha value is -4.53. The van der Waals surface area contributed by atoms with E-state index in [1.807, 2.05) is 118 Å². The molecule has 0 saturated carbocycles. The first-order valence-electron chi connectivity index (χ1n) is 16.4. The Morgan fingerprint density at radius 1 is 0.774 bits per heavy atom. The van der Waals surface area contributed by atoms with Gasteiger partial charge in [-0.15, -0.1) is 25.3 Å². The maximum absolute atomic E-state index is 13.7. The van der Waals surface area contributed by atoms with Crippen LogP contribution < -0.4 is 5.32 Å². The van der Waals surface area contributed by atoms with Crippen LogP contribution in [0.25, 0.3) is 0 Å². The Kier molecular flexibility index (Phi) is 14.0. The van der Waals surface area contributed by atoms with Crippen molar-refractivity contribution in [1.29, 1.82) is 0 Å². The summed E-state index contributed by atoms with van der Waals surface area (Å²) in [7, 11) is 5.80. The summed E-state index contributed by atoms with van der Waals surface area (Å²) in [6.45, 7) is 1.82. The van der Waals surface area contributed by atoms with Gasteiger partial charge in [-0.1, -0.05) is 114 Å². The van der Waals surface area contributed by atoms with Crippen molar-refractivity contribution in [2.75, 3.05) is 54.7 Å². The lowest BCUT2D eigenvalue weighted by Crippen LogP contribution is -2.40. The molecule has 0 spiro atoms. The van der Waals surface area contributed by atoms with Gasteiger partial charge in [0.15, 0.2) is 5.13 Å². The Bertz CT molecular complexity index is 1940. The Labute approximate surface area is 317 Å². The third kappa shape index (κ3) is 9.53. The second-order valence-corrected chi connectivity index (χ2v) is 18.2. The van der Waals surface area contributed by atoms with Crippen LogP contribution >= 0.6 is 19.3 Å². The van der Waals surface area contributed by atoms with E-state index >= 15 is 0 Å². The van der Waals surface area contributed by atoms with E-state index < -0.39 is 29.6 Å². The van der Waals surface area contributed by atoms with Crippen LogP contribution in [-0.2, 0) is 29.8 Å². The zero-order valence-electron chi connectivity index (χ0n) is 31.0. The topological polar surface area (TPSA) is 140 Å². The number of carbonyl (C=O) groups is 1. The number of hydrogen-bond donors (Lipinski definition) is 1. The summed E-state index contributed by atoms with van der Waals surface area (Å²) in [5.74, 6) is -0.626. The summed E-state index contributed by atoms with van der Waals surface area (Å²) in [6, 6.07) is 36.6. The predicted octanol–water partition coefficient (Wildman–Crippen LogP) is 6.70. The summed E-state index contributed by atoms with van der Waals surface area (Å²) in [4.78, 5) is 23.4. The predicted molar refractivity (Wildman–Crippen MR) is 212 cm³/mol. The van der Waals surface area contributed by atoms with Crippen molar-refractivity contribution >= 4 is 46.2 Å². The van der Waals surface area contributed by atoms with Crippen molar-refractivity contribution in [3.63, 3.8) is 0 Å². The second-order valence-electron chi connectivity index (χ2n) is 12.3. The lowest BCUT2D eigenvalue weighted by molar-refractivity contribution is -0.127. The molecule has 1 aromatic heterocycles.